The molecular weight excluding hydrogens is 284 g/mol. The normalized spacial score (nSPS) is 12.6. The van der Waals surface area contributed by atoms with E-state index in [4.69, 9.17) is 9.47 Å². The number of nitrogens with one attached hydrogen (secondary N) is 2. The molecule has 0 fully saturated rings. The van der Waals surface area contributed by atoms with Crippen LogP contribution in [-0.4, -0.2) is 43.1 Å². The average Bonchev–Trinajstić information content (AvgIpc) is 2.44. The van der Waals surface area contributed by atoms with E-state index >= 15 is 0 Å². The minimum absolute atomic E-state index is 0.143. The number of rotatable bonds is 7. The molecule has 1 aromatic carbocycles. The van der Waals surface area contributed by atoms with Gasteiger partial charge in [-0.3, -0.25) is 0 Å². The molecule has 0 saturated heterocycles. The second-order valence-corrected chi connectivity index (χ2v) is 6.02. The number of benzene rings is 1. The van der Waals surface area contributed by atoms with Crippen molar-refractivity contribution < 1.29 is 19.4 Å². The molecule has 22 heavy (non-hydrogen) atoms. The van der Waals surface area contributed by atoms with Crippen LogP contribution < -0.4 is 15.4 Å². The van der Waals surface area contributed by atoms with E-state index < -0.39 is 17.8 Å². The molecular formula is C16H26N2O4. The van der Waals surface area contributed by atoms with E-state index in [9.17, 15) is 9.90 Å². The van der Waals surface area contributed by atoms with Crippen LogP contribution in [0.15, 0.2) is 24.3 Å². The van der Waals surface area contributed by atoms with Crippen LogP contribution in [0.3, 0.4) is 0 Å². The van der Waals surface area contributed by atoms with Crippen LogP contribution in [0.2, 0.25) is 0 Å². The molecule has 0 aliphatic carbocycles. The molecule has 3 N–H and O–H groups in total. The molecule has 1 amide bonds. The van der Waals surface area contributed by atoms with Gasteiger partial charge < -0.3 is 25.2 Å². The predicted molar refractivity (Wildman–Crippen MR) is 84.9 cm³/mol. The first kappa shape index (κ1) is 18.3. The number of carbonyl (C=O) groups excluding carboxylic acids is 1. The van der Waals surface area contributed by atoms with Crippen LogP contribution in [0.25, 0.3) is 0 Å². The van der Waals surface area contributed by atoms with Gasteiger partial charge in [0.25, 0.3) is 0 Å². The lowest BCUT2D eigenvalue weighted by Gasteiger charge is -2.20. The van der Waals surface area contributed by atoms with Crippen molar-refractivity contribution in [2.75, 3.05) is 20.2 Å². The van der Waals surface area contributed by atoms with Crippen molar-refractivity contribution in [3.63, 3.8) is 0 Å². The Morgan fingerprint density at radius 3 is 2.41 bits per heavy atom. The van der Waals surface area contributed by atoms with E-state index in [0.717, 1.165) is 11.3 Å². The highest BCUT2D eigenvalue weighted by Crippen LogP contribution is 2.10. The molecule has 0 aliphatic rings. The highest BCUT2D eigenvalue weighted by Gasteiger charge is 2.16. The summed E-state index contributed by atoms with van der Waals surface area (Å²) in [7, 11) is 1.63. The summed E-state index contributed by atoms with van der Waals surface area (Å²) >= 11 is 0. The number of aliphatic hydroxyl groups is 1. The van der Waals surface area contributed by atoms with Gasteiger partial charge in [0.2, 0.25) is 0 Å². The summed E-state index contributed by atoms with van der Waals surface area (Å²) in [5.74, 6) is 0.811. The van der Waals surface area contributed by atoms with Crippen molar-refractivity contribution in [1.29, 1.82) is 0 Å². The first-order valence-corrected chi connectivity index (χ1v) is 7.29. The summed E-state index contributed by atoms with van der Waals surface area (Å²) in [6.45, 7) is 6.53. The Kier molecular flexibility index (Phi) is 7.14. The van der Waals surface area contributed by atoms with Crippen molar-refractivity contribution in [1.82, 2.24) is 10.6 Å². The zero-order valence-electron chi connectivity index (χ0n) is 13.7. The molecule has 0 saturated carbocycles. The van der Waals surface area contributed by atoms with Crippen molar-refractivity contribution in [3.8, 4) is 5.75 Å². The lowest BCUT2D eigenvalue weighted by atomic mass is 10.2. The van der Waals surface area contributed by atoms with Crippen molar-refractivity contribution in [2.24, 2.45) is 0 Å². The van der Waals surface area contributed by atoms with Gasteiger partial charge in [-0.15, -0.1) is 0 Å². The fraction of sp³-hybridized carbons (Fsp3) is 0.562. The van der Waals surface area contributed by atoms with Gasteiger partial charge in [0, 0.05) is 19.6 Å². The van der Waals surface area contributed by atoms with E-state index in [0.29, 0.717) is 13.1 Å². The number of carbonyl (C=O) groups is 1. The van der Waals surface area contributed by atoms with E-state index in [1.165, 1.54) is 0 Å². The summed E-state index contributed by atoms with van der Waals surface area (Å²) in [6, 6.07) is 7.68. The highest BCUT2D eigenvalue weighted by atomic mass is 16.6. The molecule has 1 aromatic rings. The van der Waals surface area contributed by atoms with Gasteiger partial charge in [-0.2, -0.15) is 0 Å². The first-order valence-electron chi connectivity index (χ1n) is 7.29. The predicted octanol–water partition coefficient (Wildman–Crippen LogP) is 1.67. The molecule has 0 radical (unpaired) electrons. The Balaban J connectivity index is 2.20. The minimum atomic E-state index is -0.675. The first-order chi connectivity index (χ1) is 10.3. The van der Waals surface area contributed by atoms with Gasteiger partial charge in [0.15, 0.2) is 0 Å². The summed E-state index contributed by atoms with van der Waals surface area (Å²) in [6.07, 6.45) is -1.20. The molecule has 1 atom stereocenters. The summed E-state index contributed by atoms with van der Waals surface area (Å²) in [5, 5.41) is 15.5. The number of methoxy groups -OCH3 is 1. The van der Waals surface area contributed by atoms with Crippen LogP contribution in [0, 0.1) is 0 Å². The average molecular weight is 310 g/mol. The Hall–Kier alpha value is -1.79. The Morgan fingerprint density at radius 1 is 1.23 bits per heavy atom. The number of amides is 1. The SMILES string of the molecule is COc1ccc(CNCC(O)CNC(=O)OC(C)(C)C)cc1. The van der Waals surface area contributed by atoms with Crippen LogP contribution >= 0.6 is 0 Å². The minimum Gasteiger partial charge on any atom is -0.497 e. The zero-order chi connectivity index (χ0) is 16.6. The van der Waals surface area contributed by atoms with Crippen LogP contribution in [-0.2, 0) is 11.3 Å². The summed E-state index contributed by atoms with van der Waals surface area (Å²) in [5.41, 5.74) is 0.551. The molecule has 6 heteroatoms. The topological polar surface area (TPSA) is 79.8 Å². The molecule has 124 valence electrons. The smallest absolute Gasteiger partial charge is 0.407 e. The van der Waals surface area contributed by atoms with E-state index in [1.54, 1.807) is 27.9 Å². The van der Waals surface area contributed by atoms with Crippen molar-refractivity contribution in [2.45, 2.75) is 39.0 Å². The maximum Gasteiger partial charge on any atom is 0.407 e. The third kappa shape index (κ3) is 7.85. The molecule has 0 spiro atoms. The molecule has 0 aliphatic heterocycles. The molecule has 1 unspecified atom stereocenters. The van der Waals surface area contributed by atoms with Crippen LogP contribution in [0.1, 0.15) is 26.3 Å². The largest absolute Gasteiger partial charge is 0.497 e. The lowest BCUT2D eigenvalue weighted by molar-refractivity contribution is 0.0492. The summed E-state index contributed by atoms with van der Waals surface area (Å²) < 4.78 is 10.2. The Bertz CT molecular complexity index is 454. The molecule has 0 bridgehead atoms. The zero-order valence-corrected chi connectivity index (χ0v) is 13.7. The molecule has 0 aromatic heterocycles. The quantitative estimate of drug-likeness (QED) is 0.714. The summed E-state index contributed by atoms with van der Waals surface area (Å²) in [4.78, 5) is 11.4. The maximum absolute atomic E-state index is 11.4. The molecule has 0 heterocycles. The van der Waals surface area contributed by atoms with Gasteiger partial charge in [-0.05, 0) is 38.5 Å². The van der Waals surface area contributed by atoms with E-state index in [-0.39, 0.29) is 6.54 Å². The van der Waals surface area contributed by atoms with Crippen LogP contribution in [0.5, 0.6) is 5.75 Å². The second kappa shape index (κ2) is 8.60. The maximum atomic E-state index is 11.4. The third-order valence-corrected chi connectivity index (χ3v) is 2.75. The van der Waals surface area contributed by atoms with Gasteiger partial charge >= 0.3 is 6.09 Å². The Morgan fingerprint density at radius 2 is 1.86 bits per heavy atom. The monoisotopic (exact) mass is 310 g/mol. The van der Waals surface area contributed by atoms with Crippen molar-refractivity contribution in [3.05, 3.63) is 29.8 Å². The van der Waals surface area contributed by atoms with Gasteiger partial charge in [0.05, 0.1) is 13.2 Å². The van der Waals surface area contributed by atoms with Gasteiger partial charge in [0.1, 0.15) is 11.4 Å². The number of alkyl carbamates (subject to hydrolysis) is 1. The van der Waals surface area contributed by atoms with Gasteiger partial charge in [-0.25, -0.2) is 4.79 Å². The number of aliphatic hydroxyl groups excluding tert-OH is 1. The third-order valence-electron chi connectivity index (χ3n) is 2.75. The van der Waals surface area contributed by atoms with E-state index in [2.05, 4.69) is 10.6 Å². The van der Waals surface area contributed by atoms with Crippen LogP contribution in [0.4, 0.5) is 4.79 Å². The fourth-order valence-electron chi connectivity index (χ4n) is 1.71. The molecule has 1 rings (SSSR count). The highest BCUT2D eigenvalue weighted by molar-refractivity contribution is 5.67. The lowest BCUT2D eigenvalue weighted by Crippen LogP contribution is -2.40. The molecule has 6 nitrogen and oxygen atoms in total. The number of hydrogen-bond acceptors (Lipinski definition) is 5. The number of ether oxygens (including phenoxy) is 2. The van der Waals surface area contributed by atoms with E-state index in [1.807, 2.05) is 24.3 Å². The standard InChI is InChI=1S/C16H26N2O4/c1-16(2,3)22-15(20)18-11-13(19)10-17-9-12-5-7-14(21-4)8-6-12/h5-8,13,17,19H,9-11H2,1-4H3,(H,18,20). The Labute approximate surface area is 131 Å². The fourth-order valence-corrected chi connectivity index (χ4v) is 1.71. The van der Waals surface area contributed by atoms with Gasteiger partial charge in [-0.1, -0.05) is 12.1 Å². The number of hydrogen-bond donors (Lipinski definition) is 3. The second-order valence-electron chi connectivity index (χ2n) is 6.02. The van der Waals surface area contributed by atoms with Crippen molar-refractivity contribution >= 4 is 6.09 Å².